The summed E-state index contributed by atoms with van der Waals surface area (Å²) in [5.74, 6) is -1.25. The zero-order valence-electron chi connectivity index (χ0n) is 17.9. The number of para-hydroxylation sites is 1. The van der Waals surface area contributed by atoms with Gasteiger partial charge in [-0.15, -0.1) is 11.3 Å². The number of amides is 1. The number of esters is 2. The molecule has 0 bridgehead atoms. The molecular formula is C21H26N2O6S2. The third-order valence-electron chi connectivity index (χ3n) is 3.93. The fourth-order valence-electron chi connectivity index (χ4n) is 2.30. The molecule has 1 aromatic carbocycles. The molecule has 0 aliphatic carbocycles. The second kappa shape index (κ2) is 11.1. The van der Waals surface area contributed by atoms with Gasteiger partial charge in [0.25, 0.3) is 5.91 Å². The van der Waals surface area contributed by atoms with Crippen LogP contribution in [0.15, 0.2) is 29.6 Å². The van der Waals surface area contributed by atoms with Crippen LogP contribution in [0.3, 0.4) is 0 Å². The summed E-state index contributed by atoms with van der Waals surface area (Å²) in [6.07, 6.45) is -0.256. The Kier molecular flexibility index (Phi) is 8.88. The summed E-state index contributed by atoms with van der Waals surface area (Å²) < 4.78 is 22.0. The molecule has 1 amide bonds. The van der Waals surface area contributed by atoms with E-state index in [1.165, 1.54) is 23.5 Å². The van der Waals surface area contributed by atoms with Gasteiger partial charge in [-0.1, -0.05) is 12.1 Å². The minimum absolute atomic E-state index is 0.0828. The summed E-state index contributed by atoms with van der Waals surface area (Å²) in [6, 6.07) is 6.29. The summed E-state index contributed by atoms with van der Waals surface area (Å²) >= 11 is 1.22. The van der Waals surface area contributed by atoms with Crippen molar-refractivity contribution in [2.45, 2.75) is 51.0 Å². The second-order valence-electron chi connectivity index (χ2n) is 7.48. The molecule has 0 spiro atoms. The van der Waals surface area contributed by atoms with Crippen LogP contribution in [0.2, 0.25) is 0 Å². The lowest BCUT2D eigenvalue weighted by atomic mass is 10.2. The average Bonchev–Trinajstić information content (AvgIpc) is 3.13. The van der Waals surface area contributed by atoms with E-state index >= 15 is 0 Å². The highest BCUT2D eigenvalue weighted by molar-refractivity contribution is 7.85. The van der Waals surface area contributed by atoms with Gasteiger partial charge in [-0.2, -0.15) is 0 Å². The van der Waals surface area contributed by atoms with Crippen LogP contribution in [0, 0.1) is 0 Å². The van der Waals surface area contributed by atoms with Crippen LogP contribution in [0.5, 0.6) is 5.75 Å². The lowest BCUT2D eigenvalue weighted by Gasteiger charge is -2.16. The molecule has 1 aromatic heterocycles. The molecule has 2 aromatic rings. The standard InChI is InChI=1S/C21H26N2O6S2/c1-5-28-17(24)10-11-18(25)29-16-9-7-6-8-15(16)19(26)23-20-22-14(12-30-20)13-31(27)21(2,3)4/h6-9,12H,5,10-11,13H2,1-4H3,(H,22,23,26). The molecule has 0 fully saturated rings. The first-order valence-electron chi connectivity index (χ1n) is 9.69. The minimum Gasteiger partial charge on any atom is -0.466 e. The zero-order valence-corrected chi connectivity index (χ0v) is 19.6. The fourth-order valence-corrected chi connectivity index (χ4v) is 3.96. The Hall–Kier alpha value is -2.59. The Labute approximate surface area is 187 Å². The third-order valence-corrected chi connectivity index (χ3v) is 6.66. The molecule has 1 heterocycles. The highest BCUT2D eigenvalue weighted by Gasteiger charge is 2.21. The number of hydrogen-bond donors (Lipinski definition) is 1. The van der Waals surface area contributed by atoms with Crippen molar-refractivity contribution < 1.29 is 28.1 Å². The molecule has 2 rings (SSSR count). The molecule has 8 nitrogen and oxygen atoms in total. The first kappa shape index (κ1) is 24.7. The molecular weight excluding hydrogens is 440 g/mol. The number of hydrogen-bond acceptors (Lipinski definition) is 8. The van der Waals surface area contributed by atoms with Crippen molar-refractivity contribution in [1.29, 1.82) is 0 Å². The van der Waals surface area contributed by atoms with Gasteiger partial charge in [0.05, 0.1) is 36.5 Å². The van der Waals surface area contributed by atoms with Gasteiger partial charge in [0, 0.05) is 20.9 Å². The normalized spacial score (nSPS) is 12.1. The fraction of sp³-hybridized carbons (Fsp3) is 0.429. The van der Waals surface area contributed by atoms with Crippen molar-refractivity contribution in [3.05, 3.63) is 40.9 Å². The molecule has 0 aliphatic rings. The maximum Gasteiger partial charge on any atom is 0.311 e. The maximum atomic E-state index is 12.7. The molecule has 1 atom stereocenters. The van der Waals surface area contributed by atoms with E-state index in [0.717, 1.165) is 0 Å². The lowest BCUT2D eigenvalue weighted by molar-refractivity contribution is -0.146. The van der Waals surface area contributed by atoms with Gasteiger partial charge in [0.1, 0.15) is 5.75 Å². The third kappa shape index (κ3) is 7.87. The van der Waals surface area contributed by atoms with E-state index in [0.29, 0.717) is 16.6 Å². The summed E-state index contributed by atoms with van der Waals surface area (Å²) in [7, 11) is -1.10. The Morgan fingerprint density at radius 3 is 2.48 bits per heavy atom. The van der Waals surface area contributed by atoms with Crippen molar-refractivity contribution in [2.24, 2.45) is 0 Å². The summed E-state index contributed by atoms with van der Waals surface area (Å²) in [5, 5.41) is 4.78. The van der Waals surface area contributed by atoms with Crippen LogP contribution < -0.4 is 10.1 Å². The molecule has 10 heteroatoms. The van der Waals surface area contributed by atoms with E-state index in [-0.39, 0.29) is 35.5 Å². The Morgan fingerprint density at radius 2 is 1.81 bits per heavy atom. The molecule has 0 radical (unpaired) electrons. The van der Waals surface area contributed by atoms with Gasteiger partial charge in [-0.25, -0.2) is 4.98 Å². The number of nitrogens with one attached hydrogen (secondary N) is 1. The van der Waals surface area contributed by atoms with Gasteiger partial charge in [-0.3, -0.25) is 23.9 Å². The number of nitrogens with zero attached hydrogens (tertiary/aromatic N) is 1. The Morgan fingerprint density at radius 1 is 1.13 bits per heavy atom. The zero-order chi connectivity index (χ0) is 23.0. The Balaban J connectivity index is 2.01. The summed E-state index contributed by atoms with van der Waals surface area (Å²) in [5.41, 5.74) is 0.786. The topological polar surface area (TPSA) is 112 Å². The van der Waals surface area contributed by atoms with Gasteiger partial charge < -0.3 is 9.47 Å². The van der Waals surface area contributed by atoms with E-state index in [2.05, 4.69) is 10.3 Å². The first-order valence-corrected chi connectivity index (χ1v) is 11.9. The average molecular weight is 467 g/mol. The van der Waals surface area contributed by atoms with E-state index in [9.17, 15) is 18.6 Å². The highest BCUT2D eigenvalue weighted by Crippen LogP contribution is 2.24. The lowest BCUT2D eigenvalue weighted by Crippen LogP contribution is -2.23. The van der Waals surface area contributed by atoms with Crippen LogP contribution in [0.1, 0.15) is 56.6 Å². The number of ether oxygens (including phenoxy) is 2. The van der Waals surface area contributed by atoms with Crippen molar-refractivity contribution >= 4 is 45.1 Å². The number of carbonyl (C=O) groups is 3. The number of carbonyl (C=O) groups excluding carboxylic acids is 3. The molecule has 1 unspecified atom stereocenters. The van der Waals surface area contributed by atoms with Crippen LogP contribution in [0.4, 0.5) is 5.13 Å². The maximum absolute atomic E-state index is 12.7. The van der Waals surface area contributed by atoms with Crippen LogP contribution in [-0.2, 0) is 30.9 Å². The largest absolute Gasteiger partial charge is 0.466 e. The molecule has 1 N–H and O–H groups in total. The number of anilines is 1. The van der Waals surface area contributed by atoms with Crippen molar-refractivity contribution in [1.82, 2.24) is 4.98 Å². The quantitative estimate of drug-likeness (QED) is 0.443. The molecule has 168 valence electrons. The van der Waals surface area contributed by atoms with Crippen LogP contribution in [0.25, 0.3) is 0 Å². The van der Waals surface area contributed by atoms with Gasteiger partial charge in [0.15, 0.2) is 5.13 Å². The van der Waals surface area contributed by atoms with Gasteiger partial charge in [0.2, 0.25) is 0 Å². The highest BCUT2D eigenvalue weighted by atomic mass is 32.2. The summed E-state index contributed by atoms with van der Waals surface area (Å²) in [6.45, 7) is 7.59. The first-order chi connectivity index (χ1) is 14.6. The van der Waals surface area contributed by atoms with E-state index in [1.54, 1.807) is 24.4 Å². The number of aromatic nitrogens is 1. The molecule has 0 saturated carbocycles. The number of benzene rings is 1. The van der Waals surface area contributed by atoms with E-state index in [4.69, 9.17) is 9.47 Å². The Bertz CT molecular complexity index is 965. The SMILES string of the molecule is CCOC(=O)CCC(=O)Oc1ccccc1C(=O)Nc1nc(CS(=O)C(C)(C)C)cs1. The van der Waals surface area contributed by atoms with Crippen LogP contribution >= 0.6 is 11.3 Å². The summed E-state index contributed by atoms with van der Waals surface area (Å²) in [4.78, 5) is 40.4. The van der Waals surface area contributed by atoms with Crippen molar-refractivity contribution in [3.8, 4) is 5.75 Å². The molecule has 31 heavy (non-hydrogen) atoms. The monoisotopic (exact) mass is 466 g/mol. The smallest absolute Gasteiger partial charge is 0.311 e. The number of rotatable bonds is 9. The van der Waals surface area contributed by atoms with Crippen LogP contribution in [-0.4, -0.2) is 38.4 Å². The van der Waals surface area contributed by atoms with Gasteiger partial charge >= 0.3 is 11.9 Å². The van der Waals surface area contributed by atoms with E-state index in [1.807, 2.05) is 20.8 Å². The number of thiazole rings is 1. The van der Waals surface area contributed by atoms with E-state index < -0.39 is 28.6 Å². The molecule has 0 aliphatic heterocycles. The van der Waals surface area contributed by atoms with Gasteiger partial charge in [-0.05, 0) is 39.8 Å². The molecule has 0 saturated heterocycles. The minimum atomic E-state index is -1.10. The van der Waals surface area contributed by atoms with Crippen molar-refractivity contribution in [2.75, 3.05) is 11.9 Å². The predicted octanol–water partition coefficient (Wildman–Crippen LogP) is 3.69. The van der Waals surface area contributed by atoms with Crippen molar-refractivity contribution in [3.63, 3.8) is 0 Å². The second-order valence-corrected chi connectivity index (χ2v) is 10.5. The predicted molar refractivity (Wildman–Crippen MR) is 120 cm³/mol.